The molecule has 0 bridgehead atoms. The summed E-state index contributed by atoms with van der Waals surface area (Å²) in [5.74, 6) is 0. The van der Waals surface area contributed by atoms with Gasteiger partial charge < -0.3 is 5.73 Å². The van der Waals surface area contributed by atoms with Crippen molar-refractivity contribution in [3.8, 4) is 0 Å². The van der Waals surface area contributed by atoms with Gasteiger partial charge in [0.25, 0.3) is 0 Å². The third-order valence-corrected chi connectivity index (χ3v) is 3.00. The molecule has 0 amide bonds. The van der Waals surface area contributed by atoms with Crippen LogP contribution >= 0.6 is 0 Å². The molecule has 1 aromatic heterocycles. The van der Waals surface area contributed by atoms with Crippen LogP contribution in [0.2, 0.25) is 0 Å². The Hall–Kier alpha value is -0.940. The predicted octanol–water partition coefficient (Wildman–Crippen LogP) is 0.221. The molecule has 0 spiro atoms. The first-order chi connectivity index (χ1) is 7.29. The molecule has 1 saturated heterocycles. The smallest absolute Gasteiger partial charge is 0.0967 e. The van der Waals surface area contributed by atoms with Crippen molar-refractivity contribution in [2.45, 2.75) is 38.9 Å². The number of aromatic nitrogens is 3. The number of nitrogens with zero attached hydrogens (tertiary/aromatic N) is 4. The van der Waals surface area contributed by atoms with Crippen LogP contribution in [0.4, 0.5) is 0 Å². The molecular formula is C10H19N5. The van der Waals surface area contributed by atoms with Gasteiger partial charge in [-0.3, -0.25) is 9.58 Å². The fourth-order valence-electron chi connectivity index (χ4n) is 2.09. The number of rotatable bonds is 4. The minimum atomic E-state index is 0.614. The van der Waals surface area contributed by atoms with Gasteiger partial charge in [-0.15, -0.1) is 5.10 Å². The summed E-state index contributed by atoms with van der Waals surface area (Å²) in [6.07, 6.45) is 4.60. The van der Waals surface area contributed by atoms with Crippen LogP contribution in [0.3, 0.4) is 0 Å². The topological polar surface area (TPSA) is 60.0 Å². The lowest BCUT2D eigenvalue weighted by Crippen LogP contribution is -2.26. The van der Waals surface area contributed by atoms with Gasteiger partial charge in [0, 0.05) is 25.3 Å². The lowest BCUT2D eigenvalue weighted by Gasteiger charge is -2.18. The average molecular weight is 209 g/mol. The summed E-state index contributed by atoms with van der Waals surface area (Å²) >= 11 is 0. The predicted molar refractivity (Wildman–Crippen MR) is 58.2 cm³/mol. The lowest BCUT2D eigenvalue weighted by atomic mass is 10.2. The minimum absolute atomic E-state index is 0.614. The van der Waals surface area contributed by atoms with E-state index in [1.54, 1.807) is 0 Å². The van der Waals surface area contributed by atoms with Gasteiger partial charge in [0.05, 0.1) is 12.2 Å². The van der Waals surface area contributed by atoms with Gasteiger partial charge in [-0.1, -0.05) is 5.21 Å². The quantitative estimate of drug-likeness (QED) is 0.770. The van der Waals surface area contributed by atoms with Crippen molar-refractivity contribution in [2.75, 3.05) is 13.1 Å². The third kappa shape index (κ3) is 2.54. The first-order valence-electron chi connectivity index (χ1n) is 5.62. The highest BCUT2D eigenvalue weighted by Gasteiger charge is 2.20. The molecule has 1 aliphatic rings. The molecule has 2 N–H and O–H groups in total. The normalized spacial score (nSPS) is 22.4. The van der Waals surface area contributed by atoms with Crippen molar-refractivity contribution in [1.29, 1.82) is 0 Å². The molecule has 0 saturated carbocycles. The fraction of sp³-hybridized carbons (Fsp3) is 0.800. The standard InChI is InChI=1S/C10H19N5/c1-9-3-2-5-14(9)7-10-8-15(6-4-11)13-12-10/h8-9H,2-7,11H2,1H3. The molecule has 1 aliphatic heterocycles. The van der Waals surface area contributed by atoms with Gasteiger partial charge >= 0.3 is 0 Å². The van der Waals surface area contributed by atoms with E-state index in [1.165, 1.54) is 19.4 Å². The van der Waals surface area contributed by atoms with Crippen molar-refractivity contribution in [2.24, 2.45) is 5.73 Å². The number of hydrogen-bond donors (Lipinski definition) is 1. The van der Waals surface area contributed by atoms with E-state index in [1.807, 2.05) is 10.9 Å². The first-order valence-corrected chi connectivity index (χ1v) is 5.62. The third-order valence-electron chi connectivity index (χ3n) is 3.00. The molecular weight excluding hydrogens is 190 g/mol. The van der Waals surface area contributed by atoms with Crippen LogP contribution in [0.1, 0.15) is 25.5 Å². The van der Waals surface area contributed by atoms with Crippen LogP contribution in [-0.2, 0) is 13.1 Å². The number of hydrogen-bond acceptors (Lipinski definition) is 4. The highest BCUT2D eigenvalue weighted by atomic mass is 15.4. The monoisotopic (exact) mass is 209 g/mol. The highest BCUT2D eigenvalue weighted by molar-refractivity contribution is 4.94. The van der Waals surface area contributed by atoms with E-state index in [0.29, 0.717) is 12.6 Å². The van der Waals surface area contributed by atoms with E-state index in [-0.39, 0.29) is 0 Å². The Morgan fingerprint density at radius 3 is 3.13 bits per heavy atom. The summed E-state index contributed by atoms with van der Waals surface area (Å²) in [4.78, 5) is 2.46. The second kappa shape index (κ2) is 4.72. The van der Waals surface area contributed by atoms with Crippen LogP contribution in [-0.4, -0.2) is 39.0 Å². The van der Waals surface area contributed by atoms with Crippen molar-refractivity contribution in [3.05, 3.63) is 11.9 Å². The molecule has 0 radical (unpaired) electrons. The molecule has 5 heteroatoms. The maximum atomic E-state index is 5.46. The molecule has 0 aromatic carbocycles. The Bertz CT molecular complexity index is 309. The van der Waals surface area contributed by atoms with E-state index < -0.39 is 0 Å². The first kappa shape index (κ1) is 10.6. The molecule has 2 rings (SSSR count). The van der Waals surface area contributed by atoms with Gasteiger partial charge in [0.1, 0.15) is 0 Å². The Morgan fingerprint density at radius 1 is 1.60 bits per heavy atom. The Kier molecular flexibility index (Phi) is 3.33. The SMILES string of the molecule is CC1CCCN1Cc1cn(CCN)nn1. The molecule has 84 valence electrons. The van der Waals surface area contributed by atoms with Crippen molar-refractivity contribution < 1.29 is 0 Å². The maximum absolute atomic E-state index is 5.46. The number of likely N-dealkylation sites (tertiary alicyclic amines) is 1. The molecule has 2 heterocycles. The largest absolute Gasteiger partial charge is 0.329 e. The molecule has 15 heavy (non-hydrogen) atoms. The molecule has 1 unspecified atom stereocenters. The summed E-state index contributed by atoms with van der Waals surface area (Å²) in [6, 6.07) is 0.685. The lowest BCUT2D eigenvalue weighted by molar-refractivity contribution is 0.257. The zero-order valence-electron chi connectivity index (χ0n) is 9.26. The van der Waals surface area contributed by atoms with Gasteiger partial charge in [-0.05, 0) is 26.3 Å². The summed E-state index contributed by atoms with van der Waals surface area (Å²) in [7, 11) is 0. The molecule has 1 atom stereocenters. The summed E-state index contributed by atoms with van der Waals surface area (Å²) in [6.45, 7) is 5.75. The Morgan fingerprint density at radius 2 is 2.47 bits per heavy atom. The second-order valence-corrected chi connectivity index (χ2v) is 4.22. The Labute approximate surface area is 90.2 Å². The minimum Gasteiger partial charge on any atom is -0.329 e. The second-order valence-electron chi connectivity index (χ2n) is 4.22. The maximum Gasteiger partial charge on any atom is 0.0967 e. The van der Waals surface area contributed by atoms with Crippen LogP contribution in [0.25, 0.3) is 0 Å². The molecule has 0 aliphatic carbocycles. The summed E-state index contributed by atoms with van der Waals surface area (Å²) in [5, 5.41) is 8.18. The van der Waals surface area contributed by atoms with E-state index in [0.717, 1.165) is 18.8 Å². The molecule has 1 aromatic rings. The van der Waals surface area contributed by atoms with Crippen molar-refractivity contribution in [1.82, 2.24) is 19.9 Å². The van der Waals surface area contributed by atoms with Gasteiger partial charge in [0.15, 0.2) is 0 Å². The zero-order chi connectivity index (χ0) is 10.7. The van der Waals surface area contributed by atoms with E-state index in [4.69, 9.17) is 5.73 Å². The van der Waals surface area contributed by atoms with E-state index in [9.17, 15) is 0 Å². The van der Waals surface area contributed by atoms with Gasteiger partial charge in [-0.25, -0.2) is 0 Å². The van der Waals surface area contributed by atoms with Crippen molar-refractivity contribution in [3.63, 3.8) is 0 Å². The highest BCUT2D eigenvalue weighted by Crippen LogP contribution is 2.18. The van der Waals surface area contributed by atoms with Gasteiger partial charge in [-0.2, -0.15) is 0 Å². The zero-order valence-corrected chi connectivity index (χ0v) is 9.26. The van der Waals surface area contributed by atoms with Crippen LogP contribution < -0.4 is 5.73 Å². The van der Waals surface area contributed by atoms with Crippen LogP contribution in [0, 0.1) is 0 Å². The van der Waals surface area contributed by atoms with E-state index in [2.05, 4.69) is 22.1 Å². The molecule has 1 fully saturated rings. The summed E-state index contributed by atoms with van der Waals surface area (Å²) in [5.41, 5.74) is 6.51. The van der Waals surface area contributed by atoms with Gasteiger partial charge in [0.2, 0.25) is 0 Å². The molecule has 5 nitrogen and oxygen atoms in total. The fourth-order valence-corrected chi connectivity index (χ4v) is 2.09. The number of nitrogens with two attached hydrogens (primary N) is 1. The van der Waals surface area contributed by atoms with Crippen LogP contribution in [0.15, 0.2) is 6.20 Å². The van der Waals surface area contributed by atoms with Crippen molar-refractivity contribution >= 4 is 0 Å². The van der Waals surface area contributed by atoms with Crippen LogP contribution in [0.5, 0.6) is 0 Å². The average Bonchev–Trinajstić information content (AvgIpc) is 2.79. The Balaban J connectivity index is 1.92. The summed E-state index contributed by atoms with van der Waals surface area (Å²) < 4.78 is 1.82. The van der Waals surface area contributed by atoms with E-state index >= 15 is 0 Å².